The number of rotatable bonds is 8. The molecule has 0 radical (unpaired) electrons. The number of hydrogen-bond acceptors (Lipinski definition) is 7. The van der Waals surface area contributed by atoms with Crippen LogP contribution in [0.25, 0.3) is 0 Å². The van der Waals surface area contributed by atoms with Crippen molar-refractivity contribution in [3.05, 3.63) is 36.7 Å². The maximum absolute atomic E-state index is 13.2. The van der Waals surface area contributed by atoms with Crippen LogP contribution >= 0.6 is 0 Å². The molecular formula is C30H43BN4O4. The number of amides is 1. The third-order valence-corrected chi connectivity index (χ3v) is 9.83. The zero-order chi connectivity index (χ0) is 28.0. The SMILES string of the molecule is CCC(CC)C1(C)OB(c2ccc(N3C[C@@H]4C[C@](C)(C(=O)Nc5ccc(OC)nc5)C[C@@H]4C3)nc2)OC1(C)C. The minimum Gasteiger partial charge on any atom is -0.481 e. The summed E-state index contributed by atoms with van der Waals surface area (Å²) in [6, 6.07) is 7.77. The van der Waals surface area contributed by atoms with Crippen LogP contribution in [0.2, 0.25) is 0 Å². The Balaban J connectivity index is 1.19. The normalized spacial score (nSPS) is 29.6. The van der Waals surface area contributed by atoms with Crippen LogP contribution in [0.3, 0.4) is 0 Å². The van der Waals surface area contributed by atoms with E-state index >= 15 is 0 Å². The third-order valence-electron chi connectivity index (χ3n) is 9.83. The second kappa shape index (κ2) is 10.4. The van der Waals surface area contributed by atoms with Gasteiger partial charge in [-0.2, -0.15) is 0 Å². The molecule has 3 aliphatic rings. The van der Waals surface area contributed by atoms with Crippen molar-refractivity contribution in [2.45, 2.75) is 78.4 Å². The Morgan fingerprint density at radius 2 is 1.74 bits per heavy atom. The minimum atomic E-state index is -0.412. The molecule has 1 unspecified atom stereocenters. The molecule has 0 bridgehead atoms. The number of fused-ring (bicyclic) bond motifs is 1. The molecule has 0 spiro atoms. The number of aromatic nitrogens is 2. The van der Waals surface area contributed by atoms with Crippen molar-refractivity contribution < 1.29 is 18.8 Å². The molecule has 1 amide bonds. The zero-order valence-corrected chi connectivity index (χ0v) is 24.5. The van der Waals surface area contributed by atoms with Crippen molar-refractivity contribution in [3.8, 4) is 5.88 Å². The van der Waals surface area contributed by atoms with Gasteiger partial charge in [0.2, 0.25) is 11.8 Å². The van der Waals surface area contributed by atoms with Crippen molar-refractivity contribution in [2.24, 2.45) is 23.2 Å². The molecule has 2 aliphatic heterocycles. The lowest BCUT2D eigenvalue weighted by Crippen LogP contribution is -2.50. The lowest BCUT2D eigenvalue weighted by Gasteiger charge is -2.42. The predicted molar refractivity (Wildman–Crippen MR) is 154 cm³/mol. The van der Waals surface area contributed by atoms with Crippen LogP contribution in [0.4, 0.5) is 11.5 Å². The van der Waals surface area contributed by atoms with Gasteiger partial charge in [-0.25, -0.2) is 9.97 Å². The molecule has 2 aromatic heterocycles. The second-order valence-corrected chi connectivity index (χ2v) is 12.6. The second-order valence-electron chi connectivity index (χ2n) is 12.6. The summed E-state index contributed by atoms with van der Waals surface area (Å²) in [6.45, 7) is 14.8. The number of pyridine rings is 2. The zero-order valence-electron chi connectivity index (χ0n) is 24.5. The number of carbonyl (C=O) groups is 1. The summed E-state index contributed by atoms with van der Waals surface area (Å²) in [5.74, 6) is 2.94. The first-order valence-corrected chi connectivity index (χ1v) is 14.4. The van der Waals surface area contributed by atoms with E-state index in [0.717, 1.165) is 50.1 Å². The highest BCUT2D eigenvalue weighted by molar-refractivity contribution is 6.62. The highest BCUT2D eigenvalue weighted by Gasteiger charge is 2.57. The summed E-state index contributed by atoms with van der Waals surface area (Å²) < 4.78 is 18.1. The number of ether oxygens (including phenoxy) is 1. The average Bonchev–Trinajstić information content (AvgIpc) is 3.53. The van der Waals surface area contributed by atoms with E-state index in [9.17, 15) is 4.79 Å². The van der Waals surface area contributed by atoms with Crippen molar-refractivity contribution >= 4 is 30.0 Å². The lowest BCUT2D eigenvalue weighted by atomic mass is 9.74. The monoisotopic (exact) mass is 534 g/mol. The van der Waals surface area contributed by atoms with Gasteiger partial charge in [0.05, 0.1) is 30.2 Å². The molecule has 39 heavy (non-hydrogen) atoms. The quantitative estimate of drug-likeness (QED) is 0.492. The summed E-state index contributed by atoms with van der Waals surface area (Å²) in [4.78, 5) is 24.6. The van der Waals surface area contributed by atoms with E-state index in [4.69, 9.17) is 19.0 Å². The number of hydrogen-bond donors (Lipinski definition) is 1. The van der Waals surface area contributed by atoms with Gasteiger partial charge in [0.1, 0.15) is 5.82 Å². The summed E-state index contributed by atoms with van der Waals surface area (Å²) in [5, 5.41) is 3.06. The number of nitrogens with zero attached hydrogens (tertiary/aromatic N) is 3. The van der Waals surface area contributed by atoms with Gasteiger partial charge in [0, 0.05) is 36.2 Å². The van der Waals surface area contributed by atoms with E-state index in [1.54, 1.807) is 19.4 Å². The largest absolute Gasteiger partial charge is 0.496 e. The highest BCUT2D eigenvalue weighted by atomic mass is 16.7. The number of nitrogens with one attached hydrogen (secondary N) is 1. The topological polar surface area (TPSA) is 85.8 Å². The van der Waals surface area contributed by atoms with Crippen LogP contribution in [0.15, 0.2) is 36.7 Å². The Morgan fingerprint density at radius 3 is 2.28 bits per heavy atom. The van der Waals surface area contributed by atoms with Gasteiger partial charge >= 0.3 is 7.12 Å². The maximum Gasteiger partial charge on any atom is 0.496 e. The molecule has 2 saturated heterocycles. The van der Waals surface area contributed by atoms with Crippen molar-refractivity contribution in [2.75, 3.05) is 30.4 Å². The fourth-order valence-electron chi connectivity index (χ4n) is 7.16. The molecular weight excluding hydrogens is 491 g/mol. The van der Waals surface area contributed by atoms with Gasteiger partial charge in [-0.15, -0.1) is 0 Å². The molecule has 1 N–H and O–H groups in total. The van der Waals surface area contributed by atoms with Crippen LogP contribution in [0.5, 0.6) is 5.88 Å². The maximum atomic E-state index is 13.2. The molecule has 1 saturated carbocycles. The van der Waals surface area contributed by atoms with E-state index in [1.807, 2.05) is 12.3 Å². The molecule has 3 fully saturated rings. The van der Waals surface area contributed by atoms with E-state index < -0.39 is 7.12 Å². The van der Waals surface area contributed by atoms with E-state index in [2.05, 4.69) is 68.9 Å². The Hall–Kier alpha value is -2.65. The first-order chi connectivity index (χ1) is 18.5. The average molecular weight is 535 g/mol. The number of methoxy groups -OCH3 is 1. The fourth-order valence-corrected chi connectivity index (χ4v) is 7.16. The van der Waals surface area contributed by atoms with Gasteiger partial charge in [-0.3, -0.25) is 4.79 Å². The lowest BCUT2D eigenvalue weighted by molar-refractivity contribution is -0.124. The van der Waals surface area contributed by atoms with Crippen molar-refractivity contribution in [1.82, 2.24) is 9.97 Å². The van der Waals surface area contributed by atoms with Crippen LogP contribution in [0, 0.1) is 23.2 Å². The summed E-state index contributed by atoms with van der Waals surface area (Å²) in [6.07, 6.45) is 7.40. The van der Waals surface area contributed by atoms with E-state index in [1.165, 1.54) is 0 Å². The summed E-state index contributed by atoms with van der Waals surface area (Å²) >= 11 is 0. The Morgan fingerprint density at radius 1 is 1.05 bits per heavy atom. The van der Waals surface area contributed by atoms with Crippen molar-refractivity contribution in [3.63, 3.8) is 0 Å². The molecule has 0 aromatic carbocycles. The van der Waals surface area contributed by atoms with Gasteiger partial charge in [-0.05, 0) is 63.5 Å². The Labute approximate surface area is 233 Å². The molecule has 9 heteroatoms. The number of anilines is 2. The Kier molecular flexibility index (Phi) is 7.44. The molecule has 4 atom stereocenters. The predicted octanol–water partition coefficient (Wildman–Crippen LogP) is 4.69. The molecule has 210 valence electrons. The highest BCUT2D eigenvalue weighted by Crippen LogP contribution is 2.50. The number of carbonyl (C=O) groups excluding carboxylic acids is 1. The van der Waals surface area contributed by atoms with Crippen LogP contribution in [0.1, 0.15) is 67.2 Å². The van der Waals surface area contributed by atoms with Gasteiger partial charge in [0.15, 0.2) is 0 Å². The molecule has 8 nitrogen and oxygen atoms in total. The van der Waals surface area contributed by atoms with E-state index in [-0.39, 0.29) is 22.5 Å². The minimum absolute atomic E-state index is 0.0674. The van der Waals surface area contributed by atoms with Crippen LogP contribution in [-0.2, 0) is 14.1 Å². The van der Waals surface area contributed by atoms with Crippen LogP contribution < -0.4 is 20.4 Å². The van der Waals surface area contributed by atoms with Gasteiger partial charge < -0.3 is 24.3 Å². The molecule has 4 heterocycles. The van der Waals surface area contributed by atoms with Gasteiger partial charge in [0.25, 0.3) is 0 Å². The Bertz CT molecular complexity index is 1160. The van der Waals surface area contributed by atoms with Crippen LogP contribution in [-0.4, -0.2) is 54.4 Å². The summed E-state index contributed by atoms with van der Waals surface area (Å²) in [5.41, 5.74) is 0.531. The molecule has 1 aliphatic carbocycles. The smallest absolute Gasteiger partial charge is 0.481 e. The third kappa shape index (κ3) is 5.04. The molecule has 2 aromatic rings. The standard InChI is InChI=1S/C30H43BN4O4/c1-8-22(9-2)30(6)28(3,4)38-31(39-30)23-10-12-25(32-16-23)35-18-20-14-29(5,15-21(20)19-35)27(36)34-24-11-13-26(37-7)33-17-24/h10-13,16-17,20-22H,8-9,14-15,18-19H2,1-7H3,(H,34,36)/t20-,21+,29-,30?. The van der Waals surface area contributed by atoms with E-state index in [0.29, 0.717) is 29.3 Å². The summed E-state index contributed by atoms with van der Waals surface area (Å²) in [7, 11) is 1.17. The van der Waals surface area contributed by atoms with Crippen molar-refractivity contribution in [1.29, 1.82) is 0 Å². The van der Waals surface area contributed by atoms with Gasteiger partial charge in [-0.1, -0.05) is 39.7 Å². The molecule has 5 rings (SSSR count). The first-order valence-electron chi connectivity index (χ1n) is 14.4. The fraction of sp³-hybridized carbons (Fsp3) is 0.633. The first kappa shape index (κ1) is 27.9.